The smallest absolute Gasteiger partial charge is 0.0346 e. The fraction of sp³-hybridized carbons (Fsp3) is 0.471. The largest absolute Gasteiger partial charge is 0.308 e. The Hall–Kier alpha value is -1.45. The first-order valence-electron chi connectivity index (χ1n) is 7.27. The van der Waals surface area contributed by atoms with Gasteiger partial charge in [0.25, 0.3) is 0 Å². The molecular weight excluding hydrogens is 246 g/mol. The van der Waals surface area contributed by atoms with Crippen molar-refractivity contribution in [1.29, 1.82) is 0 Å². The van der Waals surface area contributed by atoms with Crippen LogP contribution in [0.4, 0.5) is 0 Å². The van der Waals surface area contributed by atoms with Crippen LogP contribution >= 0.6 is 0 Å². The topological polar surface area (TPSA) is 28.2 Å². The maximum Gasteiger partial charge on any atom is 0.0346 e. The summed E-state index contributed by atoms with van der Waals surface area (Å²) < 4.78 is 0. The SMILES string of the molecule is CC(C)C(CN(C)C)NCc1cncc2ccccc12. The summed E-state index contributed by atoms with van der Waals surface area (Å²) in [6.45, 7) is 6.45. The normalized spacial score (nSPS) is 13.3. The minimum absolute atomic E-state index is 0.490. The number of nitrogens with zero attached hydrogens (tertiary/aromatic N) is 2. The highest BCUT2D eigenvalue weighted by Crippen LogP contribution is 2.17. The summed E-state index contributed by atoms with van der Waals surface area (Å²) in [6.07, 6.45) is 3.90. The van der Waals surface area contributed by atoms with Crippen molar-refractivity contribution >= 4 is 10.8 Å². The molecular formula is C17H25N3. The molecule has 0 amide bonds. The molecule has 3 nitrogen and oxygen atoms in total. The monoisotopic (exact) mass is 271 g/mol. The molecule has 1 heterocycles. The van der Waals surface area contributed by atoms with E-state index in [9.17, 15) is 0 Å². The summed E-state index contributed by atoms with van der Waals surface area (Å²) in [4.78, 5) is 6.58. The van der Waals surface area contributed by atoms with Crippen molar-refractivity contribution < 1.29 is 0 Å². The zero-order valence-electron chi connectivity index (χ0n) is 12.9. The van der Waals surface area contributed by atoms with Crippen molar-refractivity contribution in [3.63, 3.8) is 0 Å². The predicted octanol–water partition coefficient (Wildman–Crippen LogP) is 2.91. The van der Waals surface area contributed by atoms with Gasteiger partial charge in [-0.25, -0.2) is 0 Å². The van der Waals surface area contributed by atoms with Crippen LogP contribution in [-0.4, -0.2) is 36.6 Å². The second kappa shape index (κ2) is 6.82. The van der Waals surface area contributed by atoms with Crippen molar-refractivity contribution in [3.05, 3.63) is 42.2 Å². The molecule has 0 aliphatic carbocycles. The van der Waals surface area contributed by atoms with E-state index in [4.69, 9.17) is 0 Å². The van der Waals surface area contributed by atoms with Crippen LogP contribution in [0.3, 0.4) is 0 Å². The minimum atomic E-state index is 0.490. The van der Waals surface area contributed by atoms with Crippen molar-refractivity contribution in [2.45, 2.75) is 26.4 Å². The Kier molecular flexibility index (Phi) is 5.10. The highest BCUT2D eigenvalue weighted by atomic mass is 15.1. The van der Waals surface area contributed by atoms with Crippen LogP contribution < -0.4 is 5.32 Å². The molecule has 0 fully saturated rings. The lowest BCUT2D eigenvalue weighted by Crippen LogP contribution is -2.41. The fourth-order valence-corrected chi connectivity index (χ4v) is 2.47. The van der Waals surface area contributed by atoms with Gasteiger partial charge in [-0.15, -0.1) is 0 Å². The van der Waals surface area contributed by atoms with Gasteiger partial charge in [-0.1, -0.05) is 38.1 Å². The van der Waals surface area contributed by atoms with Crippen molar-refractivity contribution in [2.24, 2.45) is 5.92 Å². The molecule has 20 heavy (non-hydrogen) atoms. The third kappa shape index (κ3) is 3.78. The highest BCUT2D eigenvalue weighted by Gasteiger charge is 2.14. The van der Waals surface area contributed by atoms with Crippen LogP contribution in [0.25, 0.3) is 10.8 Å². The number of rotatable bonds is 6. The van der Waals surface area contributed by atoms with Crippen LogP contribution in [-0.2, 0) is 6.54 Å². The van der Waals surface area contributed by atoms with Gasteiger partial charge in [-0.3, -0.25) is 4.98 Å². The number of nitrogens with one attached hydrogen (secondary N) is 1. The lowest BCUT2D eigenvalue weighted by atomic mass is 10.0. The molecule has 1 N–H and O–H groups in total. The predicted molar refractivity (Wildman–Crippen MR) is 85.8 cm³/mol. The second-order valence-electron chi connectivity index (χ2n) is 6.01. The van der Waals surface area contributed by atoms with Gasteiger partial charge in [-0.2, -0.15) is 0 Å². The Bertz CT molecular complexity index is 543. The van der Waals surface area contributed by atoms with Crippen LogP contribution in [0.15, 0.2) is 36.7 Å². The Morgan fingerprint density at radius 3 is 2.60 bits per heavy atom. The average molecular weight is 271 g/mol. The molecule has 2 rings (SSSR count). The van der Waals surface area contributed by atoms with Crippen molar-refractivity contribution in [3.8, 4) is 0 Å². The number of hydrogen-bond donors (Lipinski definition) is 1. The summed E-state index contributed by atoms with van der Waals surface area (Å²) in [7, 11) is 4.24. The van der Waals surface area contributed by atoms with E-state index in [2.05, 4.69) is 67.4 Å². The van der Waals surface area contributed by atoms with E-state index in [1.54, 1.807) is 0 Å². The Morgan fingerprint density at radius 2 is 1.90 bits per heavy atom. The van der Waals surface area contributed by atoms with Gasteiger partial charge in [0.2, 0.25) is 0 Å². The average Bonchev–Trinajstić information content (AvgIpc) is 2.42. The third-order valence-electron chi connectivity index (χ3n) is 3.67. The first-order valence-corrected chi connectivity index (χ1v) is 7.27. The number of pyridine rings is 1. The molecule has 0 aliphatic rings. The van der Waals surface area contributed by atoms with Crippen molar-refractivity contribution in [1.82, 2.24) is 15.2 Å². The second-order valence-corrected chi connectivity index (χ2v) is 6.01. The van der Waals surface area contributed by atoms with Gasteiger partial charge in [0.1, 0.15) is 0 Å². The minimum Gasteiger partial charge on any atom is -0.308 e. The van der Waals surface area contributed by atoms with E-state index in [0.29, 0.717) is 12.0 Å². The Balaban J connectivity index is 2.11. The summed E-state index contributed by atoms with van der Waals surface area (Å²) in [5.74, 6) is 0.611. The number of fused-ring (bicyclic) bond motifs is 1. The van der Waals surface area contributed by atoms with E-state index in [-0.39, 0.29) is 0 Å². The van der Waals surface area contributed by atoms with Crippen LogP contribution in [0.1, 0.15) is 19.4 Å². The van der Waals surface area contributed by atoms with Crippen LogP contribution in [0.2, 0.25) is 0 Å². The van der Waals surface area contributed by atoms with Crippen molar-refractivity contribution in [2.75, 3.05) is 20.6 Å². The van der Waals surface area contributed by atoms with Gasteiger partial charge in [0, 0.05) is 36.9 Å². The molecule has 0 saturated carbocycles. The van der Waals surface area contributed by atoms with Crippen LogP contribution in [0.5, 0.6) is 0 Å². The van der Waals surface area contributed by atoms with E-state index in [1.165, 1.54) is 16.3 Å². The molecule has 108 valence electrons. The number of aromatic nitrogens is 1. The molecule has 1 aromatic carbocycles. The first kappa shape index (κ1) is 14.9. The maximum absolute atomic E-state index is 4.35. The molecule has 0 aliphatic heterocycles. The summed E-state index contributed by atoms with van der Waals surface area (Å²) in [6, 6.07) is 8.93. The quantitative estimate of drug-likeness (QED) is 0.875. The fourth-order valence-electron chi connectivity index (χ4n) is 2.47. The maximum atomic E-state index is 4.35. The third-order valence-corrected chi connectivity index (χ3v) is 3.67. The van der Waals surface area contributed by atoms with Gasteiger partial charge in [0.05, 0.1) is 0 Å². The van der Waals surface area contributed by atoms with Gasteiger partial charge in [-0.05, 0) is 31.0 Å². The lowest BCUT2D eigenvalue weighted by molar-refractivity contribution is 0.288. The summed E-state index contributed by atoms with van der Waals surface area (Å²) >= 11 is 0. The number of hydrogen-bond acceptors (Lipinski definition) is 3. The first-order chi connectivity index (χ1) is 9.58. The molecule has 0 spiro atoms. The highest BCUT2D eigenvalue weighted by molar-refractivity contribution is 5.84. The number of benzene rings is 1. The molecule has 3 heteroatoms. The number of likely N-dealkylation sites (N-methyl/N-ethyl adjacent to an activating group) is 1. The summed E-state index contributed by atoms with van der Waals surface area (Å²) in [5, 5.41) is 6.18. The lowest BCUT2D eigenvalue weighted by Gasteiger charge is -2.26. The Labute approximate surface area is 122 Å². The summed E-state index contributed by atoms with van der Waals surface area (Å²) in [5.41, 5.74) is 1.27. The van der Waals surface area contributed by atoms with E-state index in [0.717, 1.165) is 13.1 Å². The molecule has 2 aromatic rings. The molecule has 0 bridgehead atoms. The Morgan fingerprint density at radius 1 is 1.15 bits per heavy atom. The van der Waals surface area contributed by atoms with Gasteiger partial charge in [0.15, 0.2) is 0 Å². The van der Waals surface area contributed by atoms with E-state index >= 15 is 0 Å². The molecule has 1 aromatic heterocycles. The molecule has 0 radical (unpaired) electrons. The van der Waals surface area contributed by atoms with Gasteiger partial charge < -0.3 is 10.2 Å². The molecule has 0 saturated heterocycles. The van der Waals surface area contributed by atoms with E-state index in [1.807, 2.05) is 12.4 Å². The molecule has 1 unspecified atom stereocenters. The molecule has 1 atom stereocenters. The standard InChI is InChI=1S/C17H25N3/c1-13(2)17(12-20(3)4)19-11-15-10-18-9-14-7-5-6-8-16(14)15/h5-10,13,17,19H,11-12H2,1-4H3. The zero-order valence-corrected chi connectivity index (χ0v) is 12.9. The van der Waals surface area contributed by atoms with E-state index < -0.39 is 0 Å². The zero-order chi connectivity index (χ0) is 14.5. The van der Waals surface area contributed by atoms with Crippen LogP contribution in [0, 0.1) is 5.92 Å². The van der Waals surface area contributed by atoms with Gasteiger partial charge >= 0.3 is 0 Å².